The highest BCUT2D eigenvalue weighted by Crippen LogP contribution is 2.08. The Labute approximate surface area is 107 Å². The van der Waals surface area contributed by atoms with Crippen LogP contribution in [-0.4, -0.2) is 36.3 Å². The van der Waals surface area contributed by atoms with E-state index in [4.69, 9.17) is 10.5 Å². The first kappa shape index (κ1) is 14.7. The average Bonchev–Trinajstić information content (AvgIpc) is 2.33. The number of aromatic nitrogens is 2. The highest BCUT2D eigenvalue weighted by Gasteiger charge is 2.04. The molecule has 18 heavy (non-hydrogen) atoms. The van der Waals surface area contributed by atoms with Crippen LogP contribution in [0.2, 0.25) is 0 Å². The molecule has 0 saturated carbocycles. The average molecular weight is 254 g/mol. The molecule has 102 valence electrons. The second-order valence-corrected chi connectivity index (χ2v) is 4.35. The van der Waals surface area contributed by atoms with Crippen molar-refractivity contribution in [2.75, 3.05) is 31.6 Å². The van der Waals surface area contributed by atoms with E-state index in [9.17, 15) is 4.79 Å². The fraction of sp³-hybridized carbons (Fsp3) is 0.667. The highest BCUT2D eigenvalue weighted by molar-refractivity contribution is 5.33. The molecule has 0 unspecified atom stereocenters. The fourth-order valence-electron chi connectivity index (χ4n) is 1.42. The number of H-pyrrole nitrogens is 1. The van der Waals surface area contributed by atoms with Gasteiger partial charge in [-0.1, -0.05) is 13.8 Å². The molecule has 4 N–H and O–H groups in total. The number of anilines is 1. The standard InChI is InChI=1S/C12H22N4O2/c1-9(2)12-15-10(8-11(17)16-12)14-5-3-6-18-7-4-13/h8-9H,3-7,13H2,1-2H3,(H2,14,15,16,17). The molecule has 0 spiro atoms. The van der Waals surface area contributed by atoms with Crippen LogP contribution in [0.15, 0.2) is 10.9 Å². The summed E-state index contributed by atoms with van der Waals surface area (Å²) in [6, 6.07) is 1.46. The van der Waals surface area contributed by atoms with Crippen LogP contribution >= 0.6 is 0 Å². The predicted molar refractivity (Wildman–Crippen MR) is 71.9 cm³/mol. The topological polar surface area (TPSA) is 93.0 Å². The third-order valence-electron chi connectivity index (χ3n) is 2.34. The van der Waals surface area contributed by atoms with Crippen molar-refractivity contribution >= 4 is 5.82 Å². The lowest BCUT2D eigenvalue weighted by Crippen LogP contribution is -2.16. The maximum absolute atomic E-state index is 11.4. The fourth-order valence-corrected chi connectivity index (χ4v) is 1.42. The summed E-state index contributed by atoms with van der Waals surface area (Å²) < 4.78 is 5.25. The van der Waals surface area contributed by atoms with Crippen molar-refractivity contribution in [1.82, 2.24) is 9.97 Å². The summed E-state index contributed by atoms with van der Waals surface area (Å²) in [6.45, 7) is 6.48. The van der Waals surface area contributed by atoms with Gasteiger partial charge in [-0.25, -0.2) is 4.98 Å². The molecule has 0 atom stereocenters. The summed E-state index contributed by atoms with van der Waals surface area (Å²) in [5.74, 6) is 1.51. The first-order valence-corrected chi connectivity index (χ1v) is 6.26. The third kappa shape index (κ3) is 5.29. The van der Waals surface area contributed by atoms with Gasteiger partial charge in [-0.2, -0.15) is 0 Å². The van der Waals surface area contributed by atoms with E-state index in [-0.39, 0.29) is 11.5 Å². The number of aromatic amines is 1. The van der Waals surface area contributed by atoms with Crippen LogP contribution in [0.4, 0.5) is 5.82 Å². The Bertz CT molecular complexity index is 403. The van der Waals surface area contributed by atoms with E-state index >= 15 is 0 Å². The largest absolute Gasteiger partial charge is 0.380 e. The zero-order chi connectivity index (χ0) is 13.4. The lowest BCUT2D eigenvalue weighted by molar-refractivity contribution is 0.141. The van der Waals surface area contributed by atoms with E-state index in [1.165, 1.54) is 6.07 Å². The van der Waals surface area contributed by atoms with Gasteiger partial charge in [0.05, 0.1) is 6.61 Å². The summed E-state index contributed by atoms with van der Waals surface area (Å²) in [4.78, 5) is 18.5. The van der Waals surface area contributed by atoms with Gasteiger partial charge in [0, 0.05) is 31.7 Å². The van der Waals surface area contributed by atoms with Crippen molar-refractivity contribution in [2.45, 2.75) is 26.2 Å². The molecule has 0 bridgehead atoms. The molecule has 0 aliphatic rings. The summed E-state index contributed by atoms with van der Waals surface area (Å²) in [5, 5.41) is 3.12. The second-order valence-electron chi connectivity index (χ2n) is 4.35. The minimum Gasteiger partial charge on any atom is -0.380 e. The summed E-state index contributed by atoms with van der Waals surface area (Å²) >= 11 is 0. The molecular formula is C12H22N4O2. The Balaban J connectivity index is 2.40. The Hall–Kier alpha value is -1.40. The van der Waals surface area contributed by atoms with Crippen LogP contribution in [0.3, 0.4) is 0 Å². The van der Waals surface area contributed by atoms with E-state index in [1.807, 2.05) is 13.8 Å². The normalized spacial score (nSPS) is 10.9. The molecule has 0 radical (unpaired) electrons. The number of hydrogen-bond donors (Lipinski definition) is 3. The SMILES string of the molecule is CC(C)c1nc(NCCCOCCN)cc(=O)[nH]1. The molecule has 1 rings (SSSR count). The number of hydrogen-bond acceptors (Lipinski definition) is 5. The maximum Gasteiger partial charge on any atom is 0.252 e. The van der Waals surface area contributed by atoms with E-state index in [1.54, 1.807) is 0 Å². The Morgan fingerprint density at radius 1 is 1.50 bits per heavy atom. The van der Waals surface area contributed by atoms with Crippen LogP contribution in [-0.2, 0) is 4.74 Å². The zero-order valence-electron chi connectivity index (χ0n) is 11.0. The van der Waals surface area contributed by atoms with Gasteiger partial charge in [0.25, 0.3) is 5.56 Å². The summed E-state index contributed by atoms with van der Waals surface area (Å²) in [5.41, 5.74) is 5.18. The van der Waals surface area contributed by atoms with Crippen molar-refractivity contribution < 1.29 is 4.74 Å². The minimum absolute atomic E-state index is 0.129. The minimum atomic E-state index is -0.129. The van der Waals surface area contributed by atoms with Gasteiger partial charge in [-0.05, 0) is 6.42 Å². The van der Waals surface area contributed by atoms with Crippen LogP contribution in [0.25, 0.3) is 0 Å². The Kier molecular flexibility index (Phi) is 6.38. The highest BCUT2D eigenvalue weighted by atomic mass is 16.5. The summed E-state index contributed by atoms with van der Waals surface area (Å²) in [6.07, 6.45) is 0.853. The monoisotopic (exact) mass is 254 g/mol. The molecule has 0 amide bonds. The molecule has 1 aromatic heterocycles. The van der Waals surface area contributed by atoms with E-state index in [2.05, 4.69) is 15.3 Å². The van der Waals surface area contributed by atoms with Crippen molar-refractivity contribution in [3.8, 4) is 0 Å². The third-order valence-corrected chi connectivity index (χ3v) is 2.34. The van der Waals surface area contributed by atoms with Gasteiger partial charge < -0.3 is 20.8 Å². The smallest absolute Gasteiger partial charge is 0.252 e. The number of nitrogens with two attached hydrogens (primary N) is 1. The van der Waals surface area contributed by atoms with Gasteiger partial charge in [0.1, 0.15) is 11.6 Å². The van der Waals surface area contributed by atoms with Crippen molar-refractivity contribution in [1.29, 1.82) is 0 Å². The molecule has 0 fully saturated rings. The number of nitrogens with zero attached hydrogens (tertiary/aromatic N) is 1. The van der Waals surface area contributed by atoms with Crippen molar-refractivity contribution in [3.63, 3.8) is 0 Å². The molecule has 1 heterocycles. The van der Waals surface area contributed by atoms with E-state index in [0.717, 1.165) is 13.0 Å². The molecule has 6 heteroatoms. The maximum atomic E-state index is 11.4. The van der Waals surface area contributed by atoms with Crippen LogP contribution in [0.5, 0.6) is 0 Å². The van der Waals surface area contributed by atoms with E-state index in [0.29, 0.717) is 31.4 Å². The molecule has 1 aromatic rings. The van der Waals surface area contributed by atoms with Crippen LogP contribution in [0, 0.1) is 0 Å². The van der Waals surface area contributed by atoms with Crippen molar-refractivity contribution in [2.24, 2.45) is 5.73 Å². The molecule has 0 aliphatic heterocycles. The summed E-state index contributed by atoms with van der Waals surface area (Å²) in [7, 11) is 0. The van der Waals surface area contributed by atoms with Gasteiger partial charge in [0.2, 0.25) is 0 Å². The van der Waals surface area contributed by atoms with Gasteiger partial charge >= 0.3 is 0 Å². The van der Waals surface area contributed by atoms with Gasteiger partial charge in [0.15, 0.2) is 0 Å². The van der Waals surface area contributed by atoms with Crippen LogP contribution < -0.4 is 16.6 Å². The predicted octanol–water partition coefficient (Wildman–Crippen LogP) is 0.671. The van der Waals surface area contributed by atoms with Crippen LogP contribution in [0.1, 0.15) is 32.0 Å². The lowest BCUT2D eigenvalue weighted by Gasteiger charge is -2.09. The molecular weight excluding hydrogens is 232 g/mol. The molecule has 0 aliphatic carbocycles. The number of ether oxygens (including phenoxy) is 1. The molecule has 0 aromatic carbocycles. The first-order chi connectivity index (χ1) is 8.63. The number of nitrogens with one attached hydrogen (secondary N) is 2. The first-order valence-electron chi connectivity index (χ1n) is 6.26. The lowest BCUT2D eigenvalue weighted by atomic mass is 10.2. The Morgan fingerprint density at radius 2 is 2.28 bits per heavy atom. The Morgan fingerprint density at radius 3 is 2.94 bits per heavy atom. The van der Waals surface area contributed by atoms with Crippen molar-refractivity contribution in [3.05, 3.63) is 22.2 Å². The molecule has 0 saturated heterocycles. The van der Waals surface area contributed by atoms with Gasteiger partial charge in [-0.15, -0.1) is 0 Å². The zero-order valence-corrected chi connectivity index (χ0v) is 11.0. The van der Waals surface area contributed by atoms with E-state index < -0.39 is 0 Å². The number of rotatable bonds is 8. The van der Waals surface area contributed by atoms with Gasteiger partial charge in [-0.3, -0.25) is 4.79 Å². The second kappa shape index (κ2) is 7.84. The molecule has 6 nitrogen and oxygen atoms in total. The quantitative estimate of drug-likeness (QED) is 0.593.